The summed E-state index contributed by atoms with van der Waals surface area (Å²) < 4.78 is 0. The summed E-state index contributed by atoms with van der Waals surface area (Å²) in [7, 11) is 0. The second-order valence-electron chi connectivity index (χ2n) is 11.8. The monoisotopic (exact) mass is 422 g/mol. The van der Waals surface area contributed by atoms with Crippen molar-refractivity contribution in [1.29, 1.82) is 0 Å². The SMILES string of the molecule is CCC[C@@H](C)[C@H]1CC[C@H]2[C@@H]3C(O)CC4(C(=O)O)CC(O)CC[C@]4(C)[C@H]3CC(O)[C@]12C. The molecule has 4 rings (SSSR count). The summed E-state index contributed by atoms with van der Waals surface area (Å²) in [5.41, 5.74) is -1.81. The Morgan fingerprint density at radius 3 is 2.40 bits per heavy atom. The fraction of sp³-hybridized carbons (Fsp3) is 0.960. The van der Waals surface area contributed by atoms with Crippen LogP contribution >= 0.6 is 0 Å². The number of fused-ring (bicyclic) bond motifs is 5. The number of aliphatic carboxylic acids is 1. The summed E-state index contributed by atoms with van der Waals surface area (Å²) in [4.78, 5) is 12.6. The number of rotatable bonds is 4. The predicted octanol–water partition coefficient (Wildman–Crippen LogP) is 3.84. The van der Waals surface area contributed by atoms with Crippen LogP contribution in [0, 0.1) is 45.8 Å². The van der Waals surface area contributed by atoms with Gasteiger partial charge in [0.1, 0.15) is 0 Å². The van der Waals surface area contributed by atoms with Crippen LogP contribution < -0.4 is 0 Å². The Hall–Kier alpha value is -0.650. The highest BCUT2D eigenvalue weighted by Gasteiger charge is 2.71. The highest BCUT2D eigenvalue weighted by atomic mass is 16.4. The minimum atomic E-state index is -1.10. The smallest absolute Gasteiger partial charge is 0.310 e. The van der Waals surface area contributed by atoms with Gasteiger partial charge in [-0.1, -0.05) is 40.5 Å². The summed E-state index contributed by atoms with van der Waals surface area (Å²) in [6.45, 7) is 8.86. The molecule has 5 heteroatoms. The molecule has 0 aliphatic heterocycles. The third-order valence-electron chi connectivity index (χ3n) is 10.8. The van der Waals surface area contributed by atoms with Gasteiger partial charge in [-0.15, -0.1) is 0 Å². The van der Waals surface area contributed by atoms with Crippen molar-refractivity contribution < 1.29 is 25.2 Å². The fourth-order valence-electron chi connectivity index (χ4n) is 9.28. The standard InChI is InChI=1S/C25H42O5/c1-5-6-14(2)16-7-8-17-21-18(11-20(28)24(16,17)4)23(3)10-9-15(26)12-25(23,22(29)30)13-19(21)27/h14-21,26-28H,5-13H2,1-4H3,(H,29,30)/t14-,15?,16-,17+,18+,19?,20?,21+,23-,24-,25?/m1/s1. The second-order valence-corrected chi connectivity index (χ2v) is 11.8. The molecular weight excluding hydrogens is 380 g/mol. The fourth-order valence-corrected chi connectivity index (χ4v) is 9.28. The molecule has 30 heavy (non-hydrogen) atoms. The first-order chi connectivity index (χ1) is 14.0. The van der Waals surface area contributed by atoms with Gasteiger partial charge in [0.2, 0.25) is 0 Å². The van der Waals surface area contributed by atoms with E-state index in [1.807, 2.05) is 0 Å². The van der Waals surface area contributed by atoms with E-state index in [-0.39, 0.29) is 36.0 Å². The van der Waals surface area contributed by atoms with Crippen LogP contribution in [-0.2, 0) is 4.79 Å². The van der Waals surface area contributed by atoms with E-state index in [0.717, 1.165) is 25.7 Å². The summed E-state index contributed by atoms with van der Waals surface area (Å²) in [5, 5.41) is 43.6. The second kappa shape index (κ2) is 7.45. The zero-order valence-corrected chi connectivity index (χ0v) is 19.2. The number of aliphatic hydroxyl groups excluding tert-OH is 3. The molecule has 4 aliphatic rings. The zero-order valence-electron chi connectivity index (χ0n) is 19.2. The lowest BCUT2D eigenvalue weighted by atomic mass is 9.38. The first-order valence-corrected chi connectivity index (χ1v) is 12.3. The lowest BCUT2D eigenvalue weighted by Gasteiger charge is -2.66. The van der Waals surface area contributed by atoms with Crippen molar-refractivity contribution in [3.63, 3.8) is 0 Å². The first-order valence-electron chi connectivity index (χ1n) is 12.3. The van der Waals surface area contributed by atoms with Crippen LogP contribution in [-0.4, -0.2) is 44.7 Å². The summed E-state index contributed by atoms with van der Waals surface area (Å²) >= 11 is 0. The Kier molecular flexibility index (Phi) is 5.60. The van der Waals surface area contributed by atoms with Gasteiger partial charge < -0.3 is 20.4 Å². The number of aliphatic hydroxyl groups is 3. The molecule has 11 atom stereocenters. The van der Waals surface area contributed by atoms with E-state index in [9.17, 15) is 25.2 Å². The third kappa shape index (κ3) is 2.80. The van der Waals surface area contributed by atoms with Crippen molar-refractivity contribution >= 4 is 5.97 Å². The normalized spacial score (nSPS) is 54.0. The minimum absolute atomic E-state index is 0.0156. The Labute approximate surface area is 181 Å². The van der Waals surface area contributed by atoms with Crippen LogP contribution in [0.25, 0.3) is 0 Å². The average molecular weight is 423 g/mol. The van der Waals surface area contributed by atoms with Crippen LogP contribution in [0.15, 0.2) is 0 Å². The molecule has 0 bridgehead atoms. The highest BCUT2D eigenvalue weighted by molar-refractivity contribution is 5.76. The Morgan fingerprint density at radius 2 is 1.77 bits per heavy atom. The van der Waals surface area contributed by atoms with Crippen molar-refractivity contribution in [3.05, 3.63) is 0 Å². The quantitative estimate of drug-likeness (QED) is 0.552. The molecule has 0 aromatic heterocycles. The summed E-state index contributed by atoms with van der Waals surface area (Å²) in [5.74, 6) is 0.391. The molecule has 0 aromatic carbocycles. The van der Waals surface area contributed by atoms with Crippen molar-refractivity contribution in [2.24, 2.45) is 45.8 Å². The van der Waals surface area contributed by atoms with Gasteiger partial charge in [0.15, 0.2) is 0 Å². The molecule has 4 fully saturated rings. The molecule has 0 radical (unpaired) electrons. The number of carboxylic acid groups (broad SMARTS) is 1. The van der Waals surface area contributed by atoms with Crippen LogP contribution in [0.2, 0.25) is 0 Å². The van der Waals surface area contributed by atoms with E-state index < -0.39 is 35.1 Å². The maximum atomic E-state index is 12.6. The van der Waals surface area contributed by atoms with E-state index in [2.05, 4.69) is 27.7 Å². The van der Waals surface area contributed by atoms with E-state index in [0.29, 0.717) is 31.1 Å². The van der Waals surface area contributed by atoms with Crippen molar-refractivity contribution in [2.45, 2.75) is 104 Å². The first kappa shape index (κ1) is 22.5. The molecule has 4 saturated carbocycles. The molecule has 4 N–H and O–H groups in total. The molecule has 0 spiro atoms. The Balaban J connectivity index is 1.74. The van der Waals surface area contributed by atoms with E-state index in [1.54, 1.807) is 0 Å². The van der Waals surface area contributed by atoms with Gasteiger partial charge in [0.25, 0.3) is 0 Å². The van der Waals surface area contributed by atoms with Gasteiger partial charge in [-0.2, -0.15) is 0 Å². The van der Waals surface area contributed by atoms with Gasteiger partial charge in [-0.3, -0.25) is 4.79 Å². The molecule has 0 aromatic rings. The topological polar surface area (TPSA) is 98.0 Å². The Bertz CT molecular complexity index is 680. The predicted molar refractivity (Wildman–Crippen MR) is 115 cm³/mol. The summed E-state index contributed by atoms with van der Waals surface area (Å²) in [6.07, 6.45) is 4.93. The van der Waals surface area contributed by atoms with Crippen LogP contribution in [0.5, 0.6) is 0 Å². The van der Waals surface area contributed by atoms with Crippen LogP contribution in [0.1, 0.15) is 85.5 Å². The molecule has 0 amide bonds. The maximum absolute atomic E-state index is 12.6. The van der Waals surface area contributed by atoms with Crippen LogP contribution in [0.4, 0.5) is 0 Å². The number of hydrogen-bond acceptors (Lipinski definition) is 4. The largest absolute Gasteiger partial charge is 0.481 e. The molecule has 0 heterocycles. The number of hydrogen-bond donors (Lipinski definition) is 4. The van der Waals surface area contributed by atoms with E-state index in [1.165, 1.54) is 0 Å². The molecule has 5 nitrogen and oxygen atoms in total. The van der Waals surface area contributed by atoms with Gasteiger partial charge in [-0.05, 0) is 85.4 Å². The van der Waals surface area contributed by atoms with Crippen molar-refractivity contribution in [1.82, 2.24) is 0 Å². The minimum Gasteiger partial charge on any atom is -0.481 e. The van der Waals surface area contributed by atoms with E-state index >= 15 is 0 Å². The maximum Gasteiger partial charge on any atom is 0.310 e. The van der Waals surface area contributed by atoms with Gasteiger partial charge in [0.05, 0.1) is 23.7 Å². The van der Waals surface area contributed by atoms with E-state index in [4.69, 9.17) is 0 Å². The van der Waals surface area contributed by atoms with Crippen molar-refractivity contribution in [3.8, 4) is 0 Å². The lowest BCUT2D eigenvalue weighted by Crippen LogP contribution is -2.67. The molecule has 172 valence electrons. The molecule has 4 aliphatic carbocycles. The number of carboxylic acids is 1. The lowest BCUT2D eigenvalue weighted by molar-refractivity contribution is -0.242. The molecule has 0 saturated heterocycles. The van der Waals surface area contributed by atoms with Crippen molar-refractivity contribution in [2.75, 3.05) is 0 Å². The molecular formula is C25H42O5. The van der Waals surface area contributed by atoms with Gasteiger partial charge >= 0.3 is 5.97 Å². The number of carbonyl (C=O) groups is 1. The summed E-state index contributed by atoms with van der Waals surface area (Å²) in [6, 6.07) is 0. The highest BCUT2D eigenvalue weighted by Crippen LogP contribution is 2.71. The van der Waals surface area contributed by atoms with Gasteiger partial charge in [0, 0.05) is 0 Å². The third-order valence-corrected chi connectivity index (χ3v) is 10.8. The van der Waals surface area contributed by atoms with Crippen LogP contribution in [0.3, 0.4) is 0 Å². The Morgan fingerprint density at radius 1 is 1.07 bits per heavy atom. The molecule has 4 unspecified atom stereocenters. The van der Waals surface area contributed by atoms with Gasteiger partial charge in [-0.25, -0.2) is 0 Å². The average Bonchev–Trinajstić information content (AvgIpc) is 3.02. The zero-order chi connectivity index (χ0) is 22.1.